The van der Waals surface area contributed by atoms with Crippen molar-refractivity contribution >= 4 is 11.6 Å². The maximum atomic E-state index is 8.65. The number of halogens is 1. The van der Waals surface area contributed by atoms with Crippen LogP contribution in [0.3, 0.4) is 0 Å². The lowest BCUT2D eigenvalue weighted by Gasteiger charge is -1.98. The summed E-state index contributed by atoms with van der Waals surface area (Å²) in [6.45, 7) is 1.54. The van der Waals surface area contributed by atoms with Gasteiger partial charge in [0, 0.05) is 13.1 Å². The SMILES string of the molecule is N#Cc1cc2c(nc1Cl)CNC2. The van der Waals surface area contributed by atoms with Gasteiger partial charge in [0.15, 0.2) is 0 Å². The highest BCUT2D eigenvalue weighted by atomic mass is 35.5. The van der Waals surface area contributed by atoms with Crippen molar-refractivity contribution in [3.63, 3.8) is 0 Å². The van der Waals surface area contributed by atoms with Gasteiger partial charge in [-0.1, -0.05) is 11.6 Å². The van der Waals surface area contributed by atoms with Crippen molar-refractivity contribution in [1.82, 2.24) is 10.3 Å². The Hall–Kier alpha value is -1.11. The summed E-state index contributed by atoms with van der Waals surface area (Å²) in [6, 6.07) is 3.80. The first-order chi connectivity index (χ1) is 5.81. The fourth-order valence-corrected chi connectivity index (χ4v) is 1.47. The average molecular weight is 180 g/mol. The van der Waals surface area contributed by atoms with Crippen molar-refractivity contribution in [2.75, 3.05) is 0 Å². The molecule has 4 heteroatoms. The van der Waals surface area contributed by atoms with E-state index in [0.29, 0.717) is 10.7 Å². The quantitative estimate of drug-likeness (QED) is 0.609. The number of hydrogen-bond donors (Lipinski definition) is 1. The van der Waals surface area contributed by atoms with E-state index < -0.39 is 0 Å². The van der Waals surface area contributed by atoms with E-state index in [0.717, 1.165) is 24.3 Å². The zero-order valence-electron chi connectivity index (χ0n) is 6.26. The van der Waals surface area contributed by atoms with Crippen LogP contribution in [0.5, 0.6) is 0 Å². The zero-order valence-corrected chi connectivity index (χ0v) is 7.02. The van der Waals surface area contributed by atoms with Crippen LogP contribution in [0, 0.1) is 11.3 Å². The van der Waals surface area contributed by atoms with E-state index in [1.54, 1.807) is 6.07 Å². The van der Waals surface area contributed by atoms with Crippen molar-refractivity contribution in [3.05, 3.63) is 28.0 Å². The molecule has 0 bridgehead atoms. The molecular formula is C8H6ClN3. The second kappa shape index (κ2) is 2.74. The largest absolute Gasteiger partial charge is 0.307 e. The number of nitrogens with zero attached hydrogens (tertiary/aromatic N) is 2. The molecule has 1 N–H and O–H groups in total. The molecule has 0 aliphatic carbocycles. The number of nitriles is 1. The third kappa shape index (κ3) is 1.06. The second-order valence-corrected chi connectivity index (χ2v) is 3.01. The summed E-state index contributed by atoms with van der Waals surface area (Å²) in [5.74, 6) is 0. The Bertz CT molecular complexity index is 367. The molecule has 12 heavy (non-hydrogen) atoms. The predicted octanol–water partition coefficient (Wildman–Crippen LogP) is 1.21. The summed E-state index contributed by atoms with van der Waals surface area (Å²) in [7, 11) is 0. The molecular weight excluding hydrogens is 174 g/mol. The number of rotatable bonds is 0. The molecule has 3 nitrogen and oxygen atoms in total. The number of pyridine rings is 1. The van der Waals surface area contributed by atoms with Gasteiger partial charge in [0.2, 0.25) is 0 Å². The van der Waals surface area contributed by atoms with Gasteiger partial charge < -0.3 is 5.32 Å². The van der Waals surface area contributed by atoms with Gasteiger partial charge in [0.05, 0.1) is 11.3 Å². The lowest BCUT2D eigenvalue weighted by atomic mass is 10.2. The van der Waals surface area contributed by atoms with Gasteiger partial charge in [-0.15, -0.1) is 0 Å². The summed E-state index contributed by atoms with van der Waals surface area (Å²) in [5, 5.41) is 12.1. The highest BCUT2D eigenvalue weighted by molar-refractivity contribution is 6.30. The molecule has 0 saturated carbocycles. The summed E-state index contributed by atoms with van der Waals surface area (Å²) in [5.41, 5.74) is 2.49. The molecule has 1 aromatic heterocycles. The van der Waals surface area contributed by atoms with Crippen LogP contribution >= 0.6 is 11.6 Å². The van der Waals surface area contributed by atoms with Gasteiger partial charge in [-0.3, -0.25) is 0 Å². The van der Waals surface area contributed by atoms with Crippen LogP contribution in [-0.2, 0) is 13.1 Å². The molecule has 0 unspecified atom stereocenters. The van der Waals surface area contributed by atoms with Gasteiger partial charge in [0.1, 0.15) is 11.2 Å². The van der Waals surface area contributed by atoms with Crippen molar-refractivity contribution in [2.24, 2.45) is 0 Å². The smallest absolute Gasteiger partial charge is 0.147 e. The molecule has 0 spiro atoms. The van der Waals surface area contributed by atoms with E-state index in [9.17, 15) is 0 Å². The van der Waals surface area contributed by atoms with Gasteiger partial charge >= 0.3 is 0 Å². The van der Waals surface area contributed by atoms with Crippen LogP contribution in [0.1, 0.15) is 16.8 Å². The van der Waals surface area contributed by atoms with Crippen LogP contribution in [0.2, 0.25) is 5.15 Å². The summed E-state index contributed by atoms with van der Waals surface area (Å²) >= 11 is 5.75. The van der Waals surface area contributed by atoms with Crippen molar-refractivity contribution < 1.29 is 0 Å². The van der Waals surface area contributed by atoms with E-state index >= 15 is 0 Å². The second-order valence-electron chi connectivity index (χ2n) is 2.65. The van der Waals surface area contributed by atoms with E-state index in [-0.39, 0.29) is 0 Å². The Kier molecular flexibility index (Phi) is 1.72. The molecule has 0 saturated heterocycles. The third-order valence-corrected chi connectivity index (χ3v) is 2.16. The van der Waals surface area contributed by atoms with Gasteiger partial charge in [0.25, 0.3) is 0 Å². The highest BCUT2D eigenvalue weighted by Crippen LogP contribution is 2.20. The topological polar surface area (TPSA) is 48.7 Å². The third-order valence-electron chi connectivity index (χ3n) is 1.87. The Morgan fingerprint density at radius 3 is 3.17 bits per heavy atom. The zero-order chi connectivity index (χ0) is 8.55. The normalized spacial score (nSPS) is 14.0. The molecule has 2 rings (SSSR count). The molecule has 60 valence electrons. The molecule has 0 fully saturated rings. The van der Waals surface area contributed by atoms with Crippen LogP contribution in [-0.4, -0.2) is 4.98 Å². The Balaban J connectivity index is 2.59. The number of aromatic nitrogens is 1. The molecule has 1 aromatic rings. The minimum Gasteiger partial charge on any atom is -0.307 e. The molecule has 0 radical (unpaired) electrons. The minimum atomic E-state index is 0.306. The predicted molar refractivity (Wildman–Crippen MR) is 44.5 cm³/mol. The van der Waals surface area contributed by atoms with E-state index in [1.165, 1.54) is 0 Å². The highest BCUT2D eigenvalue weighted by Gasteiger charge is 2.14. The maximum Gasteiger partial charge on any atom is 0.147 e. The average Bonchev–Trinajstić information content (AvgIpc) is 2.49. The Labute approximate surface area is 75.0 Å². The van der Waals surface area contributed by atoms with Crippen molar-refractivity contribution in [2.45, 2.75) is 13.1 Å². The lowest BCUT2D eigenvalue weighted by molar-refractivity contribution is 0.757. The van der Waals surface area contributed by atoms with Gasteiger partial charge in [-0.05, 0) is 11.6 Å². The molecule has 1 aliphatic heterocycles. The van der Waals surface area contributed by atoms with Crippen LogP contribution in [0.15, 0.2) is 6.07 Å². The van der Waals surface area contributed by atoms with Crippen LogP contribution < -0.4 is 5.32 Å². The maximum absolute atomic E-state index is 8.65. The molecule has 1 aliphatic rings. The minimum absolute atomic E-state index is 0.306. The molecule has 0 amide bonds. The van der Waals surface area contributed by atoms with Gasteiger partial charge in [-0.2, -0.15) is 5.26 Å². The van der Waals surface area contributed by atoms with Crippen LogP contribution in [0.25, 0.3) is 0 Å². The fourth-order valence-electron chi connectivity index (χ4n) is 1.27. The summed E-state index contributed by atoms with van der Waals surface area (Å²) in [4.78, 5) is 4.10. The Morgan fingerprint density at radius 2 is 2.42 bits per heavy atom. The monoisotopic (exact) mass is 179 g/mol. The summed E-state index contributed by atoms with van der Waals surface area (Å²) < 4.78 is 0. The first kappa shape index (κ1) is 7.53. The van der Waals surface area contributed by atoms with Gasteiger partial charge in [-0.25, -0.2) is 4.98 Å². The number of fused-ring (bicyclic) bond motifs is 1. The molecule has 2 heterocycles. The molecule has 0 atom stereocenters. The van der Waals surface area contributed by atoms with Crippen molar-refractivity contribution in [3.8, 4) is 6.07 Å². The first-order valence-electron chi connectivity index (χ1n) is 3.60. The lowest BCUT2D eigenvalue weighted by Crippen LogP contribution is -2.00. The number of nitrogens with one attached hydrogen (secondary N) is 1. The summed E-state index contributed by atoms with van der Waals surface area (Å²) in [6.07, 6.45) is 0. The van der Waals surface area contributed by atoms with E-state index in [2.05, 4.69) is 10.3 Å². The van der Waals surface area contributed by atoms with Crippen molar-refractivity contribution in [1.29, 1.82) is 5.26 Å². The molecule has 0 aromatic carbocycles. The van der Waals surface area contributed by atoms with E-state index in [1.807, 2.05) is 6.07 Å². The van der Waals surface area contributed by atoms with E-state index in [4.69, 9.17) is 16.9 Å². The standard InChI is InChI=1S/C8H6ClN3/c9-8-5(2-10)1-6-3-11-4-7(6)12-8/h1,11H,3-4H2. The van der Waals surface area contributed by atoms with Crippen LogP contribution in [0.4, 0.5) is 0 Å². The Morgan fingerprint density at radius 1 is 1.58 bits per heavy atom. The first-order valence-corrected chi connectivity index (χ1v) is 3.98. The fraction of sp³-hybridized carbons (Fsp3) is 0.250. The number of hydrogen-bond acceptors (Lipinski definition) is 3.